The lowest BCUT2D eigenvalue weighted by Gasteiger charge is -2.40. The van der Waals surface area contributed by atoms with Crippen LogP contribution in [0.5, 0.6) is 0 Å². The number of aromatic nitrogens is 1. The second-order valence-electron chi connectivity index (χ2n) is 11.3. The van der Waals surface area contributed by atoms with Crippen molar-refractivity contribution in [3.63, 3.8) is 0 Å². The number of carbonyl (C=O) groups is 3. The molecule has 2 unspecified atom stereocenters. The average molecular weight is 606 g/mol. The lowest BCUT2D eigenvalue weighted by atomic mass is 9.91. The zero-order valence-corrected chi connectivity index (χ0v) is 25.0. The summed E-state index contributed by atoms with van der Waals surface area (Å²) < 4.78 is 32.2. The molecule has 0 spiro atoms. The number of nitrogens with zero attached hydrogens (tertiary/aromatic N) is 3. The lowest BCUT2D eigenvalue weighted by molar-refractivity contribution is 0.1000. The van der Waals surface area contributed by atoms with E-state index in [0.29, 0.717) is 11.3 Å². The van der Waals surface area contributed by atoms with Gasteiger partial charge >= 0.3 is 6.09 Å². The van der Waals surface area contributed by atoms with Crippen LogP contribution in [0, 0.1) is 30.0 Å². The van der Waals surface area contributed by atoms with Gasteiger partial charge < -0.3 is 21.1 Å². The molecule has 1 fully saturated rings. The molecule has 4 N–H and O–H groups in total. The summed E-state index contributed by atoms with van der Waals surface area (Å²) in [6, 6.07) is 12.3. The number of rotatable bonds is 3. The Labute approximate surface area is 249 Å². The average Bonchev–Trinajstić information content (AvgIpc) is 2.93. The van der Waals surface area contributed by atoms with Crippen LogP contribution in [0.1, 0.15) is 58.2 Å². The molecule has 3 amide bonds. The van der Waals surface area contributed by atoms with Crippen molar-refractivity contribution in [3.05, 3.63) is 88.4 Å². The summed E-state index contributed by atoms with van der Waals surface area (Å²) in [5.74, 6) is 3.80. The van der Waals surface area contributed by atoms with E-state index in [1.807, 2.05) is 20.8 Å². The Morgan fingerprint density at radius 3 is 2.60 bits per heavy atom. The van der Waals surface area contributed by atoms with Crippen molar-refractivity contribution in [2.45, 2.75) is 32.9 Å². The van der Waals surface area contributed by atoms with Gasteiger partial charge in [0.05, 0.1) is 37.4 Å². The van der Waals surface area contributed by atoms with E-state index in [2.05, 4.69) is 26.5 Å². The van der Waals surface area contributed by atoms with Gasteiger partial charge in [0.1, 0.15) is 11.6 Å². The first kappa shape index (κ1) is 31.2. The number of benzene rings is 2. The van der Waals surface area contributed by atoms with E-state index in [0.717, 1.165) is 5.56 Å². The van der Waals surface area contributed by atoms with E-state index in [1.54, 1.807) is 37.3 Å². The molecule has 0 radical (unpaired) electrons. The molecule has 0 aliphatic carbocycles. The van der Waals surface area contributed by atoms with Gasteiger partial charge in [0.2, 0.25) is 0 Å². The van der Waals surface area contributed by atoms with Crippen molar-refractivity contribution in [2.75, 3.05) is 29.9 Å². The standard InChI is InChI=1S/C31H32FN5O5S/c1-19-8-11-25(32)24(14-19)29(39)35-23-7-5-6-20(15-23)9-10-21-16-22(17-34-27(21)33)28(38)36-43(42)13-12-37(30(40)41)18-26(43)31(2,3)4/h5-8,11,14-17,26H,12-13,18H2,1-4H3,(H2,33,34)(H,35,39)(H,40,41). The molecule has 1 aromatic heterocycles. The number of nitrogens with one attached hydrogen (secondary N) is 1. The molecule has 0 saturated carbocycles. The Kier molecular flexibility index (Phi) is 8.87. The van der Waals surface area contributed by atoms with E-state index in [1.165, 1.54) is 29.3 Å². The molecule has 1 aliphatic heterocycles. The SMILES string of the molecule is Cc1ccc(F)c(C(=O)Nc2cccc(C#Cc3cc(C(=O)N=S4(=O)CCN(C(=O)O)CC4C(C)(C)C)cnc3N)c2)c1. The molecule has 43 heavy (non-hydrogen) atoms. The van der Waals surface area contributed by atoms with Gasteiger partial charge in [0, 0.05) is 30.5 Å². The molecule has 1 saturated heterocycles. The van der Waals surface area contributed by atoms with Crippen LogP contribution < -0.4 is 11.1 Å². The second-order valence-corrected chi connectivity index (χ2v) is 13.8. The molecule has 10 nitrogen and oxygen atoms in total. The van der Waals surface area contributed by atoms with Gasteiger partial charge in [-0.25, -0.2) is 18.4 Å². The van der Waals surface area contributed by atoms with Crippen LogP contribution in [0.3, 0.4) is 0 Å². The molecule has 2 aromatic carbocycles. The van der Waals surface area contributed by atoms with E-state index >= 15 is 0 Å². The van der Waals surface area contributed by atoms with E-state index < -0.39 is 44.1 Å². The fourth-order valence-corrected chi connectivity index (χ4v) is 7.50. The van der Waals surface area contributed by atoms with Crippen molar-refractivity contribution >= 4 is 39.1 Å². The number of amides is 3. The molecule has 2 atom stereocenters. The molecule has 0 bridgehead atoms. The Hall–Kier alpha value is -4.76. The minimum atomic E-state index is -3.10. The summed E-state index contributed by atoms with van der Waals surface area (Å²) in [7, 11) is -3.10. The van der Waals surface area contributed by atoms with Gasteiger partial charge in [-0.2, -0.15) is 4.36 Å². The third-order valence-corrected chi connectivity index (χ3v) is 9.94. The zero-order valence-electron chi connectivity index (χ0n) is 24.2. The number of hydrogen-bond donors (Lipinski definition) is 3. The summed E-state index contributed by atoms with van der Waals surface area (Å²) in [5, 5.41) is 11.4. The van der Waals surface area contributed by atoms with Gasteiger partial charge in [0.15, 0.2) is 0 Å². The Bertz CT molecular complexity index is 1800. The number of aryl methyl sites for hydroxylation is 1. The largest absolute Gasteiger partial charge is 0.465 e. The van der Waals surface area contributed by atoms with Crippen molar-refractivity contribution in [1.29, 1.82) is 0 Å². The first-order valence-corrected chi connectivity index (χ1v) is 15.1. The Morgan fingerprint density at radius 1 is 1.16 bits per heavy atom. The predicted octanol–water partition coefficient (Wildman–Crippen LogP) is 4.78. The molecule has 3 aromatic rings. The smallest absolute Gasteiger partial charge is 0.407 e. The quantitative estimate of drug-likeness (QED) is 0.363. The number of halogens is 1. The molecule has 1 aliphatic rings. The number of carboxylic acid groups (broad SMARTS) is 1. The highest BCUT2D eigenvalue weighted by atomic mass is 32.2. The van der Waals surface area contributed by atoms with Crippen LogP contribution in [-0.4, -0.2) is 61.2 Å². The van der Waals surface area contributed by atoms with E-state index in [4.69, 9.17) is 5.73 Å². The highest BCUT2D eigenvalue weighted by Crippen LogP contribution is 2.32. The number of carbonyl (C=O) groups excluding carboxylic acids is 2. The first-order valence-electron chi connectivity index (χ1n) is 13.4. The van der Waals surface area contributed by atoms with E-state index in [-0.39, 0.29) is 41.4 Å². The van der Waals surface area contributed by atoms with Crippen LogP contribution in [-0.2, 0) is 9.73 Å². The molecule has 224 valence electrons. The van der Waals surface area contributed by atoms with Crippen molar-refractivity contribution in [1.82, 2.24) is 9.88 Å². The van der Waals surface area contributed by atoms with Gasteiger partial charge in [-0.15, -0.1) is 0 Å². The number of nitrogen functional groups attached to an aromatic ring is 1. The van der Waals surface area contributed by atoms with Gasteiger partial charge in [-0.05, 0) is 48.7 Å². The highest BCUT2D eigenvalue weighted by molar-refractivity contribution is 7.94. The number of pyridine rings is 1. The third kappa shape index (κ3) is 7.37. The maximum absolute atomic E-state index is 14.1. The highest BCUT2D eigenvalue weighted by Gasteiger charge is 2.41. The van der Waals surface area contributed by atoms with Crippen LogP contribution in [0.2, 0.25) is 0 Å². The fourth-order valence-electron chi connectivity index (χ4n) is 4.61. The first-order chi connectivity index (χ1) is 20.2. The second kappa shape index (κ2) is 12.2. The number of hydrogen-bond acceptors (Lipinski definition) is 6. The zero-order chi connectivity index (χ0) is 31.5. The normalized spacial score (nSPS) is 18.3. The summed E-state index contributed by atoms with van der Waals surface area (Å²) in [6.07, 6.45) is 0.120. The van der Waals surface area contributed by atoms with Gasteiger partial charge in [-0.3, -0.25) is 9.59 Å². The summed E-state index contributed by atoms with van der Waals surface area (Å²) in [4.78, 5) is 42.6. The van der Waals surface area contributed by atoms with Gasteiger partial charge in [-0.1, -0.05) is 50.3 Å². The minimum Gasteiger partial charge on any atom is -0.465 e. The molecular formula is C31H32FN5O5S. The fraction of sp³-hybridized carbons (Fsp3) is 0.290. The molecule has 2 heterocycles. The number of anilines is 2. The number of nitrogens with two attached hydrogens (primary N) is 1. The Balaban J connectivity index is 1.58. The summed E-state index contributed by atoms with van der Waals surface area (Å²) in [6.45, 7) is 7.28. The van der Waals surface area contributed by atoms with Crippen LogP contribution in [0.25, 0.3) is 0 Å². The van der Waals surface area contributed by atoms with Gasteiger partial charge in [0.25, 0.3) is 11.8 Å². The van der Waals surface area contributed by atoms with Crippen molar-refractivity contribution < 1.29 is 28.1 Å². The minimum absolute atomic E-state index is 0.00457. The summed E-state index contributed by atoms with van der Waals surface area (Å²) in [5.41, 5.74) is 7.28. The molecule has 12 heteroatoms. The molecular weight excluding hydrogens is 573 g/mol. The molecule has 4 rings (SSSR count). The monoisotopic (exact) mass is 605 g/mol. The third-order valence-electron chi connectivity index (χ3n) is 6.95. The van der Waals surface area contributed by atoms with Crippen LogP contribution >= 0.6 is 0 Å². The Morgan fingerprint density at radius 2 is 1.91 bits per heavy atom. The summed E-state index contributed by atoms with van der Waals surface area (Å²) >= 11 is 0. The van der Waals surface area contributed by atoms with E-state index in [9.17, 15) is 28.1 Å². The van der Waals surface area contributed by atoms with Crippen LogP contribution in [0.15, 0.2) is 59.1 Å². The topological polar surface area (TPSA) is 155 Å². The van der Waals surface area contributed by atoms with Crippen LogP contribution in [0.4, 0.5) is 20.7 Å². The van der Waals surface area contributed by atoms with Crippen molar-refractivity contribution in [2.24, 2.45) is 9.78 Å². The maximum Gasteiger partial charge on any atom is 0.407 e. The van der Waals surface area contributed by atoms with Crippen molar-refractivity contribution in [3.8, 4) is 11.8 Å². The maximum atomic E-state index is 14.1. The predicted molar refractivity (Wildman–Crippen MR) is 163 cm³/mol. The lowest BCUT2D eigenvalue weighted by Crippen LogP contribution is -2.53.